The molecule has 9 rings (SSSR count). The lowest BCUT2D eigenvalue weighted by Crippen LogP contribution is -2.36. The summed E-state index contributed by atoms with van der Waals surface area (Å²) in [6, 6.07) is 11.1. The highest BCUT2D eigenvalue weighted by atomic mass is 19.4. The van der Waals surface area contributed by atoms with Gasteiger partial charge in [-0.05, 0) is 90.3 Å². The molecule has 4 aliphatic rings. The molecule has 5 aromatic rings. The van der Waals surface area contributed by atoms with Crippen molar-refractivity contribution in [3.8, 4) is 11.4 Å². The molecular weight excluding hydrogens is 725 g/mol. The van der Waals surface area contributed by atoms with Crippen LogP contribution >= 0.6 is 0 Å². The molecule has 2 fully saturated rings. The maximum Gasteiger partial charge on any atom is 0.416 e. The van der Waals surface area contributed by atoms with Crippen LogP contribution in [0, 0.1) is 34.1 Å². The van der Waals surface area contributed by atoms with E-state index >= 15 is 0 Å². The molecule has 0 amide bonds. The second kappa shape index (κ2) is 11.8. The Morgan fingerprint density at radius 3 is 1.85 bits per heavy atom. The molecule has 3 aromatic carbocycles. The standard InChI is InChI=1S/C25H23F5N2O.C17H18F2N2O/c1-23(2)17-9-10-24(23,3)21-20(17)22(33)32(19-8-7-16(26)12-18(19)27)31(21)13-14-5-4-6-15(11-14)25(28,29)30;1-16(2)10-6-7-17(16,3)14-13(10)15(22)21(20-14)12-5-4-9(18)8-11(12)19/h4-8,11-12,17H,9-10,13H2,1-3H3;4-5,8,10,20H,6-7H2,1-3H3/t17-,24+;10-,17+/m11/s1. The second-order valence-corrected chi connectivity index (χ2v) is 17.2. The van der Waals surface area contributed by atoms with Gasteiger partial charge in [0.15, 0.2) is 11.6 Å². The molecule has 6 nitrogen and oxygen atoms in total. The lowest BCUT2D eigenvalue weighted by Gasteiger charge is -2.36. The van der Waals surface area contributed by atoms with Crippen molar-refractivity contribution >= 4 is 0 Å². The Morgan fingerprint density at radius 1 is 0.709 bits per heavy atom. The molecule has 4 bridgehead atoms. The summed E-state index contributed by atoms with van der Waals surface area (Å²) in [6.45, 7) is 12.8. The zero-order chi connectivity index (χ0) is 39.8. The molecule has 0 radical (unpaired) electrons. The number of hydrogen-bond acceptors (Lipinski definition) is 2. The molecule has 4 aliphatic carbocycles. The summed E-state index contributed by atoms with van der Waals surface area (Å²) in [5.41, 5.74) is 1.19. The number of fused-ring (bicyclic) bond motifs is 10. The summed E-state index contributed by atoms with van der Waals surface area (Å²) in [6.07, 6.45) is -0.885. The van der Waals surface area contributed by atoms with Gasteiger partial charge in [-0.3, -0.25) is 19.4 Å². The van der Waals surface area contributed by atoms with Crippen LogP contribution in [0.5, 0.6) is 0 Å². The first kappa shape index (κ1) is 37.1. The molecule has 1 N–H and O–H groups in total. The third kappa shape index (κ3) is 5.06. The predicted molar refractivity (Wildman–Crippen MR) is 193 cm³/mol. The number of H-pyrrole nitrogens is 1. The molecule has 55 heavy (non-hydrogen) atoms. The number of nitrogens with one attached hydrogen (secondary N) is 1. The maximum absolute atomic E-state index is 14.8. The van der Waals surface area contributed by atoms with Crippen LogP contribution in [-0.4, -0.2) is 19.1 Å². The third-order valence-electron chi connectivity index (χ3n) is 14.2. The number of aromatic amines is 1. The first-order valence-electron chi connectivity index (χ1n) is 18.4. The van der Waals surface area contributed by atoms with Crippen molar-refractivity contribution in [3.63, 3.8) is 0 Å². The van der Waals surface area contributed by atoms with Crippen molar-refractivity contribution in [2.24, 2.45) is 10.8 Å². The SMILES string of the molecule is CC1(C)[C@@H]2CC[C@@]1(C)c1[nH]n(-c3ccc(F)cc3F)c(=O)c12.CC1(C)[C@@H]2CC[C@@]1(C)c1c2c(=O)n(-c2ccc(F)cc2F)n1Cc1cccc(C(F)(F)F)c1. The van der Waals surface area contributed by atoms with Gasteiger partial charge in [0.2, 0.25) is 0 Å². The summed E-state index contributed by atoms with van der Waals surface area (Å²) in [5.74, 6) is -2.92. The van der Waals surface area contributed by atoms with E-state index in [1.165, 1.54) is 27.6 Å². The summed E-state index contributed by atoms with van der Waals surface area (Å²) < 4.78 is 99.4. The highest BCUT2D eigenvalue weighted by molar-refractivity contribution is 5.49. The van der Waals surface area contributed by atoms with Crippen molar-refractivity contribution < 1.29 is 30.7 Å². The van der Waals surface area contributed by atoms with Crippen LogP contribution in [0.2, 0.25) is 0 Å². The lowest BCUT2D eigenvalue weighted by atomic mass is 9.70. The minimum Gasteiger partial charge on any atom is -0.294 e. The number of alkyl halides is 3. The molecule has 0 unspecified atom stereocenters. The largest absolute Gasteiger partial charge is 0.416 e. The molecular formula is C42H41F7N4O2. The van der Waals surface area contributed by atoms with Crippen LogP contribution in [-0.2, 0) is 23.6 Å². The molecule has 290 valence electrons. The number of rotatable bonds is 4. The van der Waals surface area contributed by atoms with Gasteiger partial charge in [0.05, 0.1) is 17.8 Å². The van der Waals surface area contributed by atoms with Crippen LogP contribution in [0.25, 0.3) is 11.4 Å². The topological polar surface area (TPSA) is 64.7 Å². The second-order valence-electron chi connectivity index (χ2n) is 17.2. The van der Waals surface area contributed by atoms with Gasteiger partial charge in [0.1, 0.15) is 23.0 Å². The van der Waals surface area contributed by atoms with E-state index < -0.39 is 46.0 Å². The van der Waals surface area contributed by atoms with Crippen molar-refractivity contribution in [2.45, 2.75) is 103 Å². The van der Waals surface area contributed by atoms with Crippen molar-refractivity contribution in [1.82, 2.24) is 19.1 Å². The molecule has 13 heteroatoms. The first-order valence-corrected chi connectivity index (χ1v) is 18.4. The van der Waals surface area contributed by atoms with Crippen molar-refractivity contribution in [2.75, 3.05) is 0 Å². The summed E-state index contributed by atoms with van der Waals surface area (Å²) >= 11 is 0. The van der Waals surface area contributed by atoms with E-state index in [9.17, 15) is 40.3 Å². The first-order chi connectivity index (χ1) is 25.6. The fourth-order valence-electron chi connectivity index (χ4n) is 10.4. The number of benzene rings is 3. The third-order valence-corrected chi connectivity index (χ3v) is 14.2. The van der Waals surface area contributed by atoms with Crippen LogP contribution in [0.4, 0.5) is 30.7 Å². The minimum atomic E-state index is -4.51. The fraction of sp³-hybridized carbons (Fsp3) is 0.429. The molecule has 4 atom stereocenters. The van der Waals surface area contributed by atoms with Gasteiger partial charge >= 0.3 is 6.18 Å². The van der Waals surface area contributed by atoms with Gasteiger partial charge in [0, 0.05) is 39.8 Å². The smallest absolute Gasteiger partial charge is 0.294 e. The summed E-state index contributed by atoms with van der Waals surface area (Å²) in [7, 11) is 0. The van der Waals surface area contributed by atoms with Crippen LogP contribution < -0.4 is 11.1 Å². The number of halogens is 7. The van der Waals surface area contributed by atoms with Crippen molar-refractivity contribution in [3.05, 3.63) is 138 Å². The Hall–Kier alpha value is -4.81. The Kier molecular flexibility index (Phi) is 8.00. The normalized spacial score (nSPS) is 25.2. The molecule has 0 spiro atoms. The zero-order valence-corrected chi connectivity index (χ0v) is 31.3. The quantitative estimate of drug-likeness (QED) is 0.185. The number of aromatic nitrogens is 4. The predicted octanol–water partition coefficient (Wildman–Crippen LogP) is 9.78. The maximum atomic E-state index is 14.8. The van der Waals surface area contributed by atoms with Gasteiger partial charge < -0.3 is 0 Å². The van der Waals surface area contributed by atoms with Crippen LogP contribution in [0.1, 0.15) is 113 Å². The van der Waals surface area contributed by atoms with Crippen LogP contribution in [0.15, 0.2) is 70.3 Å². The van der Waals surface area contributed by atoms with Gasteiger partial charge in [0.25, 0.3) is 11.1 Å². The van der Waals surface area contributed by atoms with E-state index in [4.69, 9.17) is 0 Å². The average molecular weight is 767 g/mol. The highest BCUT2D eigenvalue weighted by Gasteiger charge is 2.63. The summed E-state index contributed by atoms with van der Waals surface area (Å²) in [4.78, 5) is 26.4. The Morgan fingerprint density at radius 2 is 1.27 bits per heavy atom. The van der Waals surface area contributed by atoms with Crippen molar-refractivity contribution in [1.29, 1.82) is 0 Å². The van der Waals surface area contributed by atoms with E-state index in [-0.39, 0.29) is 51.6 Å². The Labute approximate surface area is 312 Å². The van der Waals surface area contributed by atoms with E-state index in [0.29, 0.717) is 17.2 Å². The van der Waals surface area contributed by atoms with Gasteiger partial charge in [-0.25, -0.2) is 26.9 Å². The zero-order valence-electron chi connectivity index (χ0n) is 31.3. The molecule has 0 saturated heterocycles. The van der Waals surface area contributed by atoms with E-state index in [1.807, 2.05) is 0 Å². The summed E-state index contributed by atoms with van der Waals surface area (Å²) in [5, 5.41) is 3.11. The fourth-order valence-corrected chi connectivity index (χ4v) is 10.4. The minimum absolute atomic E-state index is 0.0216. The molecule has 2 heterocycles. The van der Waals surface area contributed by atoms with E-state index in [2.05, 4.69) is 46.6 Å². The van der Waals surface area contributed by atoms with Crippen LogP contribution in [0.3, 0.4) is 0 Å². The lowest BCUT2D eigenvalue weighted by molar-refractivity contribution is -0.137. The number of nitrogens with zero attached hydrogens (tertiary/aromatic N) is 3. The molecule has 2 aromatic heterocycles. The van der Waals surface area contributed by atoms with Gasteiger partial charge in [-0.2, -0.15) is 13.2 Å². The van der Waals surface area contributed by atoms with Gasteiger partial charge in [-0.15, -0.1) is 0 Å². The van der Waals surface area contributed by atoms with E-state index in [1.54, 1.807) is 10.7 Å². The van der Waals surface area contributed by atoms with E-state index in [0.717, 1.165) is 73.0 Å². The average Bonchev–Trinajstić information content (AvgIpc) is 3.81. The molecule has 0 aliphatic heterocycles. The Bertz CT molecular complexity index is 2520. The van der Waals surface area contributed by atoms with Gasteiger partial charge in [-0.1, -0.05) is 53.7 Å². The highest BCUT2D eigenvalue weighted by Crippen LogP contribution is 2.68. The molecule has 2 saturated carbocycles. The Balaban J connectivity index is 0.000000168. The monoisotopic (exact) mass is 766 g/mol. The number of hydrogen-bond donors (Lipinski definition) is 1.